The first-order chi connectivity index (χ1) is 10.6. The summed E-state index contributed by atoms with van der Waals surface area (Å²) in [6, 6.07) is 1.76. The topological polar surface area (TPSA) is 82.3 Å². The number of fused-ring (bicyclic) bond motifs is 1. The zero-order valence-corrected chi connectivity index (χ0v) is 12.8. The fraction of sp³-hybridized carbons (Fsp3) is 0.562. The number of likely N-dealkylation sites (N-methyl/N-ethyl adjacent to an activating group) is 1. The highest BCUT2D eigenvalue weighted by atomic mass is 16.2. The number of H-pyrrole nitrogens is 1. The van der Waals surface area contributed by atoms with E-state index in [-0.39, 0.29) is 28.9 Å². The normalized spacial score (nSPS) is 21.6. The van der Waals surface area contributed by atoms with Gasteiger partial charge < -0.3 is 15.2 Å². The Labute approximate surface area is 128 Å². The van der Waals surface area contributed by atoms with Crippen LogP contribution in [0.1, 0.15) is 52.1 Å². The van der Waals surface area contributed by atoms with Crippen LogP contribution in [0, 0.1) is 0 Å². The van der Waals surface area contributed by atoms with E-state index in [1.807, 2.05) is 7.05 Å². The molecule has 6 heteroatoms. The summed E-state index contributed by atoms with van der Waals surface area (Å²) in [5, 5.41) is 3.18. The molecule has 1 atom stereocenters. The van der Waals surface area contributed by atoms with Crippen molar-refractivity contribution in [3.63, 3.8) is 0 Å². The van der Waals surface area contributed by atoms with E-state index in [1.165, 1.54) is 6.07 Å². The van der Waals surface area contributed by atoms with Crippen LogP contribution in [0.4, 0.5) is 0 Å². The third-order valence-electron chi connectivity index (χ3n) is 4.60. The molecule has 0 radical (unpaired) electrons. The minimum absolute atomic E-state index is 0.0123. The molecule has 3 rings (SSSR count). The van der Waals surface area contributed by atoms with Crippen molar-refractivity contribution in [2.75, 3.05) is 20.1 Å². The molecule has 1 aromatic heterocycles. The number of pyridine rings is 1. The predicted molar refractivity (Wildman–Crippen MR) is 82.3 cm³/mol. The quantitative estimate of drug-likeness (QED) is 0.843. The van der Waals surface area contributed by atoms with E-state index in [0.29, 0.717) is 37.2 Å². The molecule has 2 heterocycles. The second-order valence-corrected chi connectivity index (χ2v) is 6.06. The smallest absolute Gasteiger partial charge is 0.261 e. The van der Waals surface area contributed by atoms with Gasteiger partial charge in [0.1, 0.15) is 5.56 Å². The minimum Gasteiger partial charge on any atom is -0.337 e. The molecule has 2 aliphatic rings. The van der Waals surface area contributed by atoms with E-state index in [2.05, 4.69) is 10.3 Å². The number of carbonyl (C=O) groups excluding carboxylic acids is 2. The Kier molecular flexibility index (Phi) is 4.11. The summed E-state index contributed by atoms with van der Waals surface area (Å²) in [5.41, 5.74) is 0.886. The molecule has 1 amide bonds. The first-order valence-corrected chi connectivity index (χ1v) is 7.86. The molecule has 2 N–H and O–H groups in total. The molecule has 6 nitrogen and oxygen atoms in total. The molecule has 0 bridgehead atoms. The Morgan fingerprint density at radius 1 is 1.32 bits per heavy atom. The molecular weight excluding hydrogens is 282 g/mol. The van der Waals surface area contributed by atoms with Crippen LogP contribution in [-0.4, -0.2) is 47.8 Å². The van der Waals surface area contributed by atoms with E-state index in [0.717, 1.165) is 19.3 Å². The number of aromatic amines is 1. The Morgan fingerprint density at radius 2 is 2.14 bits per heavy atom. The van der Waals surface area contributed by atoms with Crippen LogP contribution in [0.5, 0.6) is 0 Å². The highest BCUT2D eigenvalue weighted by Gasteiger charge is 2.27. The van der Waals surface area contributed by atoms with Gasteiger partial charge in [-0.2, -0.15) is 0 Å². The van der Waals surface area contributed by atoms with Gasteiger partial charge in [0.2, 0.25) is 0 Å². The van der Waals surface area contributed by atoms with E-state index >= 15 is 0 Å². The molecule has 1 fully saturated rings. The largest absolute Gasteiger partial charge is 0.337 e. The van der Waals surface area contributed by atoms with Crippen molar-refractivity contribution in [2.45, 2.75) is 38.1 Å². The Morgan fingerprint density at radius 3 is 2.91 bits per heavy atom. The number of amides is 1. The van der Waals surface area contributed by atoms with Gasteiger partial charge in [-0.25, -0.2) is 0 Å². The lowest BCUT2D eigenvalue weighted by atomic mass is 9.93. The highest BCUT2D eigenvalue weighted by molar-refractivity contribution is 6.01. The fourth-order valence-electron chi connectivity index (χ4n) is 3.30. The molecule has 0 saturated carbocycles. The van der Waals surface area contributed by atoms with Gasteiger partial charge in [0.15, 0.2) is 5.78 Å². The number of aryl methyl sites for hydroxylation is 1. The lowest BCUT2D eigenvalue weighted by molar-refractivity contribution is 0.0696. The summed E-state index contributed by atoms with van der Waals surface area (Å²) in [5.74, 6) is -0.263. The zero-order valence-electron chi connectivity index (χ0n) is 12.8. The summed E-state index contributed by atoms with van der Waals surface area (Å²) in [7, 11) is 1.88. The summed E-state index contributed by atoms with van der Waals surface area (Å²) >= 11 is 0. The summed E-state index contributed by atoms with van der Waals surface area (Å²) < 4.78 is 0. The standard InChI is InChI=1S/C16H21N3O3/c1-17-10-4-3-7-19(9-10)16(22)12-8-11-13(18-15(12)21)5-2-6-14(11)20/h8,10,17H,2-7,9H2,1H3,(H,18,21). The maximum atomic E-state index is 12.6. The van der Waals surface area contributed by atoms with E-state index < -0.39 is 0 Å². The summed E-state index contributed by atoms with van der Waals surface area (Å²) in [4.78, 5) is 41.3. The predicted octanol–water partition coefficient (Wildman–Crippen LogP) is 0.718. The average molecular weight is 303 g/mol. The molecule has 1 aliphatic heterocycles. The molecule has 0 spiro atoms. The van der Waals surface area contributed by atoms with Gasteiger partial charge in [-0.3, -0.25) is 14.4 Å². The van der Waals surface area contributed by atoms with Crippen LogP contribution in [0.3, 0.4) is 0 Å². The highest BCUT2D eigenvalue weighted by Crippen LogP contribution is 2.20. The van der Waals surface area contributed by atoms with Gasteiger partial charge in [-0.05, 0) is 38.8 Å². The number of ketones is 1. The third-order valence-corrected chi connectivity index (χ3v) is 4.60. The number of hydrogen-bond donors (Lipinski definition) is 2. The van der Waals surface area contributed by atoms with Crippen LogP contribution in [-0.2, 0) is 6.42 Å². The van der Waals surface area contributed by atoms with Crippen molar-refractivity contribution in [1.29, 1.82) is 0 Å². The summed E-state index contributed by atoms with van der Waals surface area (Å²) in [6.07, 6.45) is 3.87. The number of rotatable bonds is 2. The number of aromatic nitrogens is 1. The number of piperidine rings is 1. The number of Topliss-reactive ketones (excluding diaryl/α,β-unsaturated/α-hetero) is 1. The Hall–Kier alpha value is -1.95. The van der Waals surface area contributed by atoms with Crippen molar-refractivity contribution in [2.24, 2.45) is 0 Å². The van der Waals surface area contributed by atoms with Crippen molar-refractivity contribution < 1.29 is 9.59 Å². The molecule has 22 heavy (non-hydrogen) atoms. The molecule has 0 aromatic carbocycles. The molecule has 1 aliphatic carbocycles. The SMILES string of the molecule is CNC1CCCN(C(=O)c2cc3c([nH]c2=O)CCCC3=O)C1. The zero-order chi connectivity index (χ0) is 15.7. The Balaban J connectivity index is 1.91. The Bertz CT molecular complexity index is 665. The average Bonchev–Trinajstić information content (AvgIpc) is 2.54. The molecular formula is C16H21N3O3. The van der Waals surface area contributed by atoms with Gasteiger partial charge >= 0.3 is 0 Å². The fourth-order valence-corrected chi connectivity index (χ4v) is 3.30. The van der Waals surface area contributed by atoms with Gasteiger partial charge in [0.25, 0.3) is 11.5 Å². The maximum Gasteiger partial charge on any atom is 0.261 e. The lowest BCUT2D eigenvalue weighted by Gasteiger charge is -2.32. The number of nitrogens with one attached hydrogen (secondary N) is 2. The van der Waals surface area contributed by atoms with Gasteiger partial charge in [-0.1, -0.05) is 0 Å². The van der Waals surface area contributed by atoms with Crippen LogP contribution in [0.15, 0.2) is 10.9 Å². The van der Waals surface area contributed by atoms with E-state index in [9.17, 15) is 14.4 Å². The monoisotopic (exact) mass is 303 g/mol. The lowest BCUT2D eigenvalue weighted by Crippen LogP contribution is -2.48. The maximum absolute atomic E-state index is 12.6. The van der Waals surface area contributed by atoms with Crippen molar-refractivity contribution in [1.82, 2.24) is 15.2 Å². The molecule has 118 valence electrons. The van der Waals surface area contributed by atoms with Crippen LogP contribution >= 0.6 is 0 Å². The second kappa shape index (κ2) is 6.04. The number of likely N-dealkylation sites (tertiary alicyclic amines) is 1. The van der Waals surface area contributed by atoms with Crippen molar-refractivity contribution >= 4 is 11.7 Å². The van der Waals surface area contributed by atoms with Crippen LogP contribution in [0.2, 0.25) is 0 Å². The molecule has 1 unspecified atom stereocenters. The van der Waals surface area contributed by atoms with E-state index in [1.54, 1.807) is 4.90 Å². The summed E-state index contributed by atoms with van der Waals surface area (Å²) in [6.45, 7) is 1.25. The van der Waals surface area contributed by atoms with Crippen molar-refractivity contribution in [3.05, 3.63) is 33.2 Å². The second-order valence-electron chi connectivity index (χ2n) is 6.06. The first kappa shape index (κ1) is 15.0. The first-order valence-electron chi connectivity index (χ1n) is 7.86. The van der Waals surface area contributed by atoms with Gasteiger partial charge in [0.05, 0.1) is 0 Å². The molecule has 1 aromatic rings. The molecule has 1 saturated heterocycles. The van der Waals surface area contributed by atoms with Gasteiger partial charge in [0, 0.05) is 36.8 Å². The van der Waals surface area contributed by atoms with Crippen molar-refractivity contribution in [3.8, 4) is 0 Å². The van der Waals surface area contributed by atoms with E-state index in [4.69, 9.17) is 0 Å². The van der Waals surface area contributed by atoms with Crippen LogP contribution < -0.4 is 10.9 Å². The van der Waals surface area contributed by atoms with Crippen LogP contribution in [0.25, 0.3) is 0 Å². The number of hydrogen-bond acceptors (Lipinski definition) is 4. The third kappa shape index (κ3) is 2.70. The number of nitrogens with zero attached hydrogens (tertiary/aromatic N) is 1. The number of carbonyl (C=O) groups is 2. The minimum atomic E-state index is -0.384. The van der Waals surface area contributed by atoms with Gasteiger partial charge in [-0.15, -0.1) is 0 Å².